The van der Waals surface area contributed by atoms with Crippen LogP contribution in [-0.4, -0.2) is 42.4 Å². The van der Waals surface area contributed by atoms with Gasteiger partial charge in [-0.1, -0.05) is 62.4 Å². The molecule has 0 aliphatic heterocycles. The van der Waals surface area contributed by atoms with Gasteiger partial charge in [-0.05, 0) is 24.4 Å². The average molecular weight is 374 g/mol. The Morgan fingerprint density at radius 1 is 1.04 bits per heavy atom. The molecule has 0 atom stereocenters. The highest BCUT2D eigenvalue weighted by atomic mass is 16.2. The number of nitrogens with zero attached hydrogens (tertiary/aromatic N) is 1. The maximum absolute atomic E-state index is 12.1. The van der Waals surface area contributed by atoms with E-state index in [0.717, 1.165) is 12.0 Å². The van der Waals surface area contributed by atoms with E-state index in [1.54, 1.807) is 4.90 Å². The molecule has 1 saturated carbocycles. The Labute approximate surface area is 160 Å². The fourth-order valence-electron chi connectivity index (χ4n) is 3.47. The summed E-state index contributed by atoms with van der Waals surface area (Å²) < 4.78 is 0. The van der Waals surface area contributed by atoms with Gasteiger partial charge in [0, 0.05) is 6.54 Å². The molecule has 0 aromatic heterocycles. The molecule has 27 heavy (non-hydrogen) atoms. The van der Waals surface area contributed by atoms with E-state index in [9.17, 15) is 14.4 Å². The van der Waals surface area contributed by atoms with Crippen LogP contribution < -0.4 is 16.4 Å². The van der Waals surface area contributed by atoms with Gasteiger partial charge >= 0.3 is 6.03 Å². The number of urea groups is 1. The standard InChI is InChI=1S/C20H30N4O3/c21-18(25)14-24(12-11-16-7-3-1-4-8-16)15-19(26)23-20(27)22-13-17-9-5-2-6-10-17/h2,5-6,9-10,16H,1,3-4,7-8,11-15H2,(H2,21,25)(H2,22,23,26,27). The third-order valence-electron chi connectivity index (χ3n) is 4.87. The number of rotatable bonds is 9. The molecular formula is C20H30N4O3. The van der Waals surface area contributed by atoms with Crippen LogP contribution in [-0.2, 0) is 16.1 Å². The molecule has 1 aromatic rings. The van der Waals surface area contributed by atoms with Gasteiger partial charge in [0.2, 0.25) is 11.8 Å². The number of imide groups is 1. The van der Waals surface area contributed by atoms with Crippen LogP contribution in [0.4, 0.5) is 4.79 Å². The second-order valence-electron chi connectivity index (χ2n) is 7.19. The fraction of sp³-hybridized carbons (Fsp3) is 0.550. The average Bonchev–Trinajstić information content (AvgIpc) is 2.65. The lowest BCUT2D eigenvalue weighted by molar-refractivity contribution is -0.123. The SMILES string of the molecule is NC(=O)CN(CCC1CCCCC1)CC(=O)NC(=O)NCc1ccccc1. The van der Waals surface area contributed by atoms with Gasteiger partial charge in [0.15, 0.2) is 0 Å². The zero-order chi connectivity index (χ0) is 19.5. The van der Waals surface area contributed by atoms with E-state index in [0.29, 0.717) is 19.0 Å². The van der Waals surface area contributed by atoms with Crippen molar-refractivity contribution in [2.45, 2.75) is 45.1 Å². The smallest absolute Gasteiger partial charge is 0.321 e. The Balaban J connectivity index is 1.74. The van der Waals surface area contributed by atoms with Crippen LogP contribution in [0.15, 0.2) is 30.3 Å². The molecule has 0 heterocycles. The summed E-state index contributed by atoms with van der Waals surface area (Å²) in [6, 6.07) is 8.90. The molecule has 4 N–H and O–H groups in total. The van der Waals surface area contributed by atoms with Crippen molar-refractivity contribution in [3.63, 3.8) is 0 Å². The summed E-state index contributed by atoms with van der Waals surface area (Å²) in [5.41, 5.74) is 6.25. The third kappa shape index (κ3) is 8.68. The topological polar surface area (TPSA) is 105 Å². The summed E-state index contributed by atoms with van der Waals surface area (Å²) in [5.74, 6) is -0.267. The van der Waals surface area contributed by atoms with Crippen molar-refractivity contribution in [3.8, 4) is 0 Å². The van der Waals surface area contributed by atoms with E-state index < -0.39 is 17.8 Å². The van der Waals surface area contributed by atoms with Crippen molar-refractivity contribution in [3.05, 3.63) is 35.9 Å². The first kappa shape index (κ1) is 20.9. The highest BCUT2D eigenvalue weighted by Crippen LogP contribution is 2.26. The second-order valence-corrected chi connectivity index (χ2v) is 7.19. The zero-order valence-electron chi connectivity index (χ0n) is 15.8. The van der Waals surface area contributed by atoms with Crippen molar-refractivity contribution in [1.29, 1.82) is 0 Å². The number of benzene rings is 1. The lowest BCUT2D eigenvalue weighted by Gasteiger charge is -2.25. The minimum Gasteiger partial charge on any atom is -0.369 e. The molecule has 1 aliphatic carbocycles. The van der Waals surface area contributed by atoms with Crippen molar-refractivity contribution in [1.82, 2.24) is 15.5 Å². The monoisotopic (exact) mass is 374 g/mol. The van der Waals surface area contributed by atoms with Crippen LogP contribution in [0.3, 0.4) is 0 Å². The van der Waals surface area contributed by atoms with Gasteiger partial charge < -0.3 is 11.1 Å². The minimum absolute atomic E-state index is 0.0194. The van der Waals surface area contributed by atoms with E-state index in [2.05, 4.69) is 10.6 Å². The number of carbonyl (C=O) groups excluding carboxylic acids is 3. The first-order valence-corrected chi connectivity index (χ1v) is 9.65. The summed E-state index contributed by atoms with van der Waals surface area (Å²) in [5, 5.41) is 4.96. The lowest BCUT2D eigenvalue weighted by atomic mass is 9.87. The van der Waals surface area contributed by atoms with E-state index in [4.69, 9.17) is 5.73 Å². The number of nitrogens with two attached hydrogens (primary N) is 1. The molecule has 2 rings (SSSR count). The number of hydrogen-bond donors (Lipinski definition) is 3. The summed E-state index contributed by atoms with van der Waals surface area (Å²) in [6.07, 6.45) is 7.16. The van der Waals surface area contributed by atoms with Gasteiger partial charge in [0.05, 0.1) is 13.1 Å². The van der Waals surface area contributed by atoms with Crippen LogP contribution in [0.5, 0.6) is 0 Å². The summed E-state index contributed by atoms with van der Waals surface area (Å²) in [6.45, 7) is 0.972. The van der Waals surface area contributed by atoms with E-state index >= 15 is 0 Å². The zero-order valence-corrected chi connectivity index (χ0v) is 15.8. The summed E-state index contributed by atoms with van der Waals surface area (Å²) in [7, 11) is 0. The van der Waals surface area contributed by atoms with Gasteiger partial charge in [-0.2, -0.15) is 0 Å². The Bertz CT molecular complexity index is 615. The van der Waals surface area contributed by atoms with Gasteiger partial charge in [0.25, 0.3) is 0 Å². The Morgan fingerprint density at radius 2 is 1.74 bits per heavy atom. The van der Waals surface area contributed by atoms with E-state index in [1.165, 1.54) is 32.1 Å². The predicted octanol–water partition coefficient (Wildman–Crippen LogP) is 1.77. The number of carbonyl (C=O) groups is 3. The Morgan fingerprint density at radius 3 is 2.41 bits per heavy atom. The van der Waals surface area contributed by atoms with Gasteiger partial charge in [-0.3, -0.25) is 19.8 Å². The molecule has 1 fully saturated rings. The molecule has 4 amide bonds. The molecular weight excluding hydrogens is 344 g/mol. The van der Waals surface area contributed by atoms with Crippen molar-refractivity contribution in [2.75, 3.05) is 19.6 Å². The molecule has 1 aliphatic rings. The second kappa shape index (κ2) is 11.3. The first-order valence-electron chi connectivity index (χ1n) is 9.65. The number of nitrogens with one attached hydrogen (secondary N) is 2. The normalized spacial score (nSPS) is 14.7. The molecule has 0 bridgehead atoms. The van der Waals surface area contributed by atoms with Crippen LogP contribution in [0.1, 0.15) is 44.1 Å². The quantitative estimate of drug-likeness (QED) is 0.613. The summed E-state index contributed by atoms with van der Waals surface area (Å²) in [4.78, 5) is 37.0. The highest BCUT2D eigenvalue weighted by molar-refractivity contribution is 5.95. The van der Waals surface area contributed by atoms with Gasteiger partial charge in [0.1, 0.15) is 0 Å². The highest BCUT2D eigenvalue weighted by Gasteiger charge is 2.18. The number of amides is 4. The maximum Gasteiger partial charge on any atom is 0.321 e. The minimum atomic E-state index is -0.546. The fourth-order valence-corrected chi connectivity index (χ4v) is 3.47. The van der Waals surface area contributed by atoms with E-state index in [-0.39, 0.29) is 13.1 Å². The number of primary amides is 1. The lowest BCUT2D eigenvalue weighted by Crippen LogP contribution is -2.46. The molecule has 7 nitrogen and oxygen atoms in total. The first-order chi connectivity index (χ1) is 13.0. The van der Waals surface area contributed by atoms with Crippen LogP contribution in [0.25, 0.3) is 0 Å². The molecule has 0 unspecified atom stereocenters. The molecule has 1 aromatic carbocycles. The molecule has 7 heteroatoms. The maximum atomic E-state index is 12.1. The third-order valence-corrected chi connectivity index (χ3v) is 4.87. The van der Waals surface area contributed by atoms with Crippen molar-refractivity contribution < 1.29 is 14.4 Å². The van der Waals surface area contributed by atoms with Crippen molar-refractivity contribution >= 4 is 17.8 Å². The van der Waals surface area contributed by atoms with Gasteiger partial charge in [-0.15, -0.1) is 0 Å². The largest absolute Gasteiger partial charge is 0.369 e. The Hall–Kier alpha value is -2.41. The van der Waals surface area contributed by atoms with Crippen molar-refractivity contribution in [2.24, 2.45) is 11.7 Å². The summed E-state index contributed by atoms with van der Waals surface area (Å²) >= 11 is 0. The van der Waals surface area contributed by atoms with E-state index in [1.807, 2.05) is 30.3 Å². The molecule has 0 radical (unpaired) electrons. The molecule has 0 saturated heterocycles. The molecule has 148 valence electrons. The van der Waals surface area contributed by atoms with Crippen LogP contribution in [0.2, 0.25) is 0 Å². The number of hydrogen-bond acceptors (Lipinski definition) is 4. The van der Waals surface area contributed by atoms with Crippen LogP contribution in [0, 0.1) is 5.92 Å². The Kier molecular flexibility index (Phi) is 8.77. The predicted molar refractivity (Wildman–Crippen MR) is 104 cm³/mol. The van der Waals surface area contributed by atoms with Crippen LogP contribution >= 0.6 is 0 Å². The molecule has 0 spiro atoms. The van der Waals surface area contributed by atoms with Gasteiger partial charge in [-0.25, -0.2) is 4.79 Å².